The van der Waals surface area contributed by atoms with Crippen LogP contribution in [0.25, 0.3) is 0 Å². The highest BCUT2D eigenvalue weighted by Crippen LogP contribution is 2.21. The number of carbonyl (C=O) groups excluding carboxylic acids is 1. The third kappa shape index (κ3) is 6.50. The summed E-state index contributed by atoms with van der Waals surface area (Å²) in [6.07, 6.45) is 0.370. The van der Waals surface area contributed by atoms with Crippen LogP contribution in [0.15, 0.2) is 48.5 Å². The molecule has 0 bridgehead atoms. The Morgan fingerprint density at radius 3 is 2.26 bits per heavy atom. The smallest absolute Gasteiger partial charge is 0.223 e. The van der Waals surface area contributed by atoms with E-state index >= 15 is 0 Å². The molecule has 2 aromatic carbocycles. The Labute approximate surface area is 160 Å². The highest BCUT2D eigenvalue weighted by molar-refractivity contribution is 5.77. The SMILES string of the molecule is CC(CC(=O)N(CCN(C)C)Cc1ccc(C#N)cc1)c1ccc(F)cc1. The Balaban J connectivity index is 2.07. The van der Waals surface area contributed by atoms with Gasteiger partial charge in [-0.25, -0.2) is 4.39 Å². The molecule has 1 atom stereocenters. The van der Waals surface area contributed by atoms with Crippen molar-refractivity contribution in [3.05, 3.63) is 71.0 Å². The van der Waals surface area contributed by atoms with E-state index in [9.17, 15) is 9.18 Å². The van der Waals surface area contributed by atoms with E-state index in [0.717, 1.165) is 17.7 Å². The predicted molar refractivity (Wildman–Crippen MR) is 105 cm³/mol. The Morgan fingerprint density at radius 1 is 1.07 bits per heavy atom. The summed E-state index contributed by atoms with van der Waals surface area (Å²) in [7, 11) is 3.96. The van der Waals surface area contributed by atoms with E-state index in [2.05, 4.69) is 6.07 Å². The summed E-state index contributed by atoms with van der Waals surface area (Å²) >= 11 is 0. The van der Waals surface area contributed by atoms with Crippen LogP contribution in [0, 0.1) is 17.1 Å². The molecule has 0 radical (unpaired) electrons. The molecule has 0 aromatic heterocycles. The molecule has 0 aliphatic carbocycles. The van der Waals surface area contributed by atoms with Crippen LogP contribution in [0.2, 0.25) is 0 Å². The highest BCUT2D eigenvalue weighted by Gasteiger charge is 2.18. The molecule has 1 unspecified atom stereocenters. The lowest BCUT2D eigenvalue weighted by Gasteiger charge is -2.26. The minimum absolute atomic E-state index is 0.0147. The fraction of sp³-hybridized carbons (Fsp3) is 0.364. The van der Waals surface area contributed by atoms with Gasteiger partial charge in [-0.3, -0.25) is 4.79 Å². The molecule has 1 amide bonds. The zero-order valence-electron chi connectivity index (χ0n) is 16.2. The van der Waals surface area contributed by atoms with E-state index in [1.807, 2.05) is 43.0 Å². The van der Waals surface area contributed by atoms with Crippen molar-refractivity contribution in [1.82, 2.24) is 9.80 Å². The maximum absolute atomic E-state index is 13.1. The lowest BCUT2D eigenvalue weighted by atomic mass is 9.97. The molecule has 4 nitrogen and oxygen atoms in total. The number of hydrogen-bond acceptors (Lipinski definition) is 3. The van der Waals surface area contributed by atoms with E-state index in [0.29, 0.717) is 25.1 Å². The molecular weight excluding hydrogens is 341 g/mol. The molecule has 0 saturated carbocycles. The molecule has 0 saturated heterocycles. The standard InChI is InChI=1S/C22H26FN3O/c1-17(20-8-10-21(23)11-9-20)14-22(27)26(13-12-25(2)3)16-19-6-4-18(15-24)5-7-19/h4-11,17H,12-14,16H2,1-3H3. The molecular formula is C22H26FN3O. The normalized spacial score (nSPS) is 11.9. The van der Waals surface area contributed by atoms with Crippen molar-refractivity contribution in [1.29, 1.82) is 5.26 Å². The van der Waals surface area contributed by atoms with Crippen molar-refractivity contribution in [3.8, 4) is 6.07 Å². The summed E-state index contributed by atoms with van der Waals surface area (Å²) in [6.45, 7) is 3.89. The summed E-state index contributed by atoms with van der Waals surface area (Å²) in [4.78, 5) is 16.8. The van der Waals surface area contributed by atoms with E-state index in [4.69, 9.17) is 5.26 Å². The number of nitriles is 1. The van der Waals surface area contributed by atoms with Crippen LogP contribution < -0.4 is 0 Å². The number of halogens is 1. The molecule has 0 aliphatic heterocycles. The van der Waals surface area contributed by atoms with Crippen molar-refractivity contribution < 1.29 is 9.18 Å². The molecule has 2 rings (SSSR count). The minimum atomic E-state index is -0.272. The average Bonchev–Trinajstić information content (AvgIpc) is 2.65. The molecule has 2 aromatic rings. The second-order valence-electron chi connectivity index (χ2n) is 7.08. The van der Waals surface area contributed by atoms with Gasteiger partial charge in [0.2, 0.25) is 5.91 Å². The number of amides is 1. The largest absolute Gasteiger partial charge is 0.337 e. The highest BCUT2D eigenvalue weighted by atomic mass is 19.1. The second-order valence-corrected chi connectivity index (χ2v) is 7.08. The fourth-order valence-corrected chi connectivity index (χ4v) is 2.82. The van der Waals surface area contributed by atoms with Gasteiger partial charge in [0.25, 0.3) is 0 Å². The summed E-state index contributed by atoms with van der Waals surface area (Å²) in [5.74, 6) is -0.190. The Morgan fingerprint density at radius 2 is 1.70 bits per heavy atom. The van der Waals surface area contributed by atoms with Gasteiger partial charge in [-0.05, 0) is 55.4 Å². The number of nitrogens with zero attached hydrogens (tertiary/aromatic N) is 3. The van der Waals surface area contributed by atoms with Gasteiger partial charge >= 0.3 is 0 Å². The summed E-state index contributed by atoms with van der Waals surface area (Å²) < 4.78 is 13.1. The molecule has 5 heteroatoms. The zero-order chi connectivity index (χ0) is 19.8. The number of hydrogen-bond donors (Lipinski definition) is 0. The number of likely N-dealkylation sites (N-methyl/N-ethyl adjacent to an activating group) is 1. The van der Waals surface area contributed by atoms with E-state index < -0.39 is 0 Å². The van der Waals surface area contributed by atoms with Gasteiger partial charge in [-0.15, -0.1) is 0 Å². The molecule has 0 aliphatic rings. The molecule has 0 fully saturated rings. The van der Waals surface area contributed by atoms with Crippen LogP contribution in [0.4, 0.5) is 4.39 Å². The molecule has 142 valence electrons. The maximum Gasteiger partial charge on any atom is 0.223 e. The topological polar surface area (TPSA) is 47.3 Å². The number of rotatable bonds is 8. The molecule has 0 N–H and O–H groups in total. The van der Waals surface area contributed by atoms with Crippen LogP contribution in [-0.2, 0) is 11.3 Å². The minimum Gasteiger partial charge on any atom is -0.337 e. The first-order valence-corrected chi connectivity index (χ1v) is 9.06. The van der Waals surface area contributed by atoms with Gasteiger partial charge in [-0.2, -0.15) is 5.26 Å². The third-order valence-electron chi connectivity index (χ3n) is 4.55. The van der Waals surface area contributed by atoms with Crippen molar-refractivity contribution in [2.24, 2.45) is 0 Å². The van der Waals surface area contributed by atoms with Crippen LogP contribution >= 0.6 is 0 Å². The maximum atomic E-state index is 13.1. The Hall–Kier alpha value is -2.71. The van der Waals surface area contributed by atoms with Gasteiger partial charge in [0.05, 0.1) is 11.6 Å². The van der Waals surface area contributed by atoms with Gasteiger partial charge < -0.3 is 9.80 Å². The summed E-state index contributed by atoms with van der Waals surface area (Å²) in [5, 5.41) is 8.92. The number of carbonyl (C=O) groups is 1. The monoisotopic (exact) mass is 367 g/mol. The van der Waals surface area contributed by atoms with E-state index in [1.54, 1.807) is 24.3 Å². The Bertz CT molecular complexity index is 779. The fourth-order valence-electron chi connectivity index (χ4n) is 2.82. The van der Waals surface area contributed by atoms with Gasteiger partial charge in [0, 0.05) is 26.1 Å². The van der Waals surface area contributed by atoms with Crippen LogP contribution in [-0.4, -0.2) is 42.9 Å². The molecule has 0 spiro atoms. The second kappa shape index (κ2) is 9.84. The van der Waals surface area contributed by atoms with Gasteiger partial charge in [-0.1, -0.05) is 31.2 Å². The van der Waals surface area contributed by atoms with Gasteiger partial charge in [0.15, 0.2) is 0 Å². The predicted octanol–water partition coefficient (Wildman–Crippen LogP) is 3.78. The first-order chi connectivity index (χ1) is 12.9. The molecule has 0 heterocycles. The quantitative estimate of drug-likeness (QED) is 0.713. The third-order valence-corrected chi connectivity index (χ3v) is 4.55. The first kappa shape index (κ1) is 20.6. The van der Waals surface area contributed by atoms with E-state index in [-0.39, 0.29) is 17.6 Å². The Kier molecular flexibility index (Phi) is 7.51. The first-order valence-electron chi connectivity index (χ1n) is 9.06. The van der Waals surface area contributed by atoms with Crippen LogP contribution in [0.1, 0.15) is 36.0 Å². The van der Waals surface area contributed by atoms with Crippen LogP contribution in [0.5, 0.6) is 0 Å². The number of benzene rings is 2. The average molecular weight is 367 g/mol. The van der Waals surface area contributed by atoms with Crippen LogP contribution in [0.3, 0.4) is 0 Å². The van der Waals surface area contributed by atoms with Crippen molar-refractivity contribution in [3.63, 3.8) is 0 Å². The summed E-state index contributed by atoms with van der Waals surface area (Å²) in [6, 6.07) is 15.7. The van der Waals surface area contributed by atoms with Crippen molar-refractivity contribution >= 4 is 5.91 Å². The van der Waals surface area contributed by atoms with Crippen molar-refractivity contribution in [2.75, 3.05) is 27.2 Å². The summed E-state index contributed by atoms with van der Waals surface area (Å²) in [5.41, 5.74) is 2.56. The lowest BCUT2D eigenvalue weighted by Crippen LogP contribution is -2.36. The van der Waals surface area contributed by atoms with Gasteiger partial charge in [0.1, 0.15) is 5.82 Å². The lowest BCUT2D eigenvalue weighted by molar-refractivity contribution is -0.132. The van der Waals surface area contributed by atoms with Crippen molar-refractivity contribution in [2.45, 2.75) is 25.8 Å². The van der Waals surface area contributed by atoms with E-state index in [1.165, 1.54) is 12.1 Å². The zero-order valence-corrected chi connectivity index (χ0v) is 16.2. The molecule has 27 heavy (non-hydrogen) atoms.